The molecule has 0 aliphatic carbocycles. The van der Waals surface area contributed by atoms with Crippen LogP contribution in [0.1, 0.15) is 18.5 Å². The number of hydrogen-bond donors (Lipinski definition) is 0. The molecule has 0 saturated heterocycles. The molecule has 0 spiro atoms. The van der Waals surface area contributed by atoms with Gasteiger partial charge in [0, 0.05) is 4.91 Å². The normalized spacial score (nSPS) is 11.9. The molecule has 4 heteroatoms. The predicted octanol–water partition coefficient (Wildman–Crippen LogP) is 4.22. The third-order valence-electron chi connectivity index (χ3n) is 2.78. The third kappa shape index (κ3) is 2.32. The Morgan fingerprint density at radius 2 is 1.88 bits per heavy atom. The number of nitrogens with zero attached hydrogens (tertiary/aromatic N) is 3. The molecule has 0 unspecified atom stereocenters. The highest BCUT2D eigenvalue weighted by atomic mass is 16.5. The molecule has 17 heavy (non-hydrogen) atoms. The zero-order valence-corrected chi connectivity index (χ0v) is 9.79. The third-order valence-corrected chi connectivity index (χ3v) is 2.78. The fourth-order valence-electron chi connectivity index (χ4n) is 1.77. The highest BCUT2D eigenvalue weighted by molar-refractivity contribution is 5.84. The first-order chi connectivity index (χ1) is 8.24. The standard InChI is InChI=1S/C13H13N3O/c1-9(15-16-14)10-3-4-12-8-13(17-2)6-5-11(12)7-10/h3-9H,1-2H3/t9-/m0/s1. The van der Waals surface area contributed by atoms with Gasteiger partial charge in [-0.1, -0.05) is 36.3 Å². The van der Waals surface area contributed by atoms with Crippen molar-refractivity contribution in [3.8, 4) is 5.75 Å². The van der Waals surface area contributed by atoms with Gasteiger partial charge in [-0.15, -0.1) is 0 Å². The maximum atomic E-state index is 8.42. The fourth-order valence-corrected chi connectivity index (χ4v) is 1.77. The molecule has 1 atom stereocenters. The number of hydrogen-bond acceptors (Lipinski definition) is 2. The molecule has 0 amide bonds. The molecule has 0 N–H and O–H groups in total. The summed E-state index contributed by atoms with van der Waals surface area (Å²) >= 11 is 0. The summed E-state index contributed by atoms with van der Waals surface area (Å²) in [6, 6.07) is 11.8. The fraction of sp³-hybridized carbons (Fsp3) is 0.231. The lowest BCUT2D eigenvalue weighted by Crippen LogP contribution is -1.88. The quantitative estimate of drug-likeness (QED) is 0.440. The summed E-state index contributed by atoms with van der Waals surface area (Å²) in [5.74, 6) is 0.841. The zero-order chi connectivity index (χ0) is 12.3. The first-order valence-electron chi connectivity index (χ1n) is 5.36. The maximum Gasteiger partial charge on any atom is 0.119 e. The van der Waals surface area contributed by atoms with Crippen LogP contribution in [-0.4, -0.2) is 7.11 Å². The van der Waals surface area contributed by atoms with Gasteiger partial charge in [-0.3, -0.25) is 0 Å². The second kappa shape index (κ2) is 4.76. The van der Waals surface area contributed by atoms with E-state index in [0.29, 0.717) is 0 Å². The molecule has 0 bridgehead atoms. The number of methoxy groups -OCH3 is 1. The Labute approximate surface area is 99.5 Å². The average molecular weight is 227 g/mol. The Morgan fingerprint density at radius 3 is 2.59 bits per heavy atom. The number of rotatable bonds is 3. The van der Waals surface area contributed by atoms with Gasteiger partial charge >= 0.3 is 0 Å². The Bertz CT molecular complexity index is 588. The van der Waals surface area contributed by atoms with Crippen LogP contribution in [0, 0.1) is 0 Å². The first kappa shape index (κ1) is 11.3. The lowest BCUT2D eigenvalue weighted by molar-refractivity contribution is 0.415. The van der Waals surface area contributed by atoms with E-state index in [2.05, 4.69) is 10.0 Å². The van der Waals surface area contributed by atoms with E-state index >= 15 is 0 Å². The van der Waals surface area contributed by atoms with Crippen molar-refractivity contribution in [2.45, 2.75) is 13.0 Å². The van der Waals surface area contributed by atoms with E-state index in [-0.39, 0.29) is 6.04 Å². The van der Waals surface area contributed by atoms with Crippen LogP contribution in [-0.2, 0) is 0 Å². The molecule has 0 saturated carbocycles. The van der Waals surface area contributed by atoms with E-state index in [1.54, 1.807) is 7.11 Å². The van der Waals surface area contributed by atoms with Crippen LogP contribution < -0.4 is 4.74 Å². The Morgan fingerprint density at radius 1 is 1.18 bits per heavy atom. The van der Waals surface area contributed by atoms with E-state index in [0.717, 1.165) is 22.1 Å². The molecular weight excluding hydrogens is 214 g/mol. The van der Waals surface area contributed by atoms with Crippen molar-refractivity contribution in [3.63, 3.8) is 0 Å². The number of ether oxygens (including phenoxy) is 1. The minimum atomic E-state index is -0.147. The number of azide groups is 1. The molecule has 0 aromatic heterocycles. The molecule has 0 heterocycles. The molecule has 2 aromatic carbocycles. The first-order valence-corrected chi connectivity index (χ1v) is 5.36. The molecule has 0 aliphatic heterocycles. The van der Waals surface area contributed by atoms with Gasteiger partial charge in [0.05, 0.1) is 13.2 Å². The molecule has 0 radical (unpaired) electrons. The van der Waals surface area contributed by atoms with Gasteiger partial charge in [0.2, 0.25) is 0 Å². The van der Waals surface area contributed by atoms with E-state index in [4.69, 9.17) is 10.3 Å². The van der Waals surface area contributed by atoms with Crippen LogP contribution in [0.25, 0.3) is 21.2 Å². The van der Waals surface area contributed by atoms with Gasteiger partial charge in [-0.2, -0.15) is 0 Å². The predicted molar refractivity (Wildman–Crippen MR) is 68.1 cm³/mol. The Balaban J connectivity index is 2.48. The zero-order valence-electron chi connectivity index (χ0n) is 9.79. The van der Waals surface area contributed by atoms with E-state index in [9.17, 15) is 0 Å². The maximum absolute atomic E-state index is 8.42. The summed E-state index contributed by atoms with van der Waals surface area (Å²) < 4.78 is 5.17. The SMILES string of the molecule is COc1ccc2cc([C@H](C)N=[N+]=[N-])ccc2c1. The van der Waals surface area contributed by atoms with Crippen molar-refractivity contribution in [1.82, 2.24) is 0 Å². The summed E-state index contributed by atoms with van der Waals surface area (Å²) in [5.41, 5.74) is 9.44. The smallest absolute Gasteiger partial charge is 0.119 e. The Kier molecular flexibility index (Phi) is 3.17. The average Bonchev–Trinajstić information content (AvgIpc) is 2.37. The second-order valence-corrected chi connectivity index (χ2v) is 3.85. The van der Waals surface area contributed by atoms with Crippen molar-refractivity contribution in [2.24, 2.45) is 5.11 Å². The van der Waals surface area contributed by atoms with E-state index in [1.165, 1.54) is 0 Å². The van der Waals surface area contributed by atoms with Gasteiger partial charge < -0.3 is 4.74 Å². The van der Waals surface area contributed by atoms with Crippen LogP contribution in [0.4, 0.5) is 0 Å². The van der Waals surface area contributed by atoms with Crippen LogP contribution in [0.5, 0.6) is 5.75 Å². The van der Waals surface area contributed by atoms with Crippen LogP contribution in [0.2, 0.25) is 0 Å². The van der Waals surface area contributed by atoms with Crippen LogP contribution >= 0.6 is 0 Å². The van der Waals surface area contributed by atoms with Crippen molar-refractivity contribution < 1.29 is 4.74 Å². The minimum Gasteiger partial charge on any atom is -0.497 e. The van der Waals surface area contributed by atoms with Crippen molar-refractivity contribution in [2.75, 3.05) is 7.11 Å². The highest BCUT2D eigenvalue weighted by Gasteiger charge is 2.04. The summed E-state index contributed by atoms with van der Waals surface area (Å²) in [6.45, 7) is 1.88. The summed E-state index contributed by atoms with van der Waals surface area (Å²) in [6.07, 6.45) is 0. The van der Waals surface area contributed by atoms with Crippen molar-refractivity contribution >= 4 is 10.8 Å². The summed E-state index contributed by atoms with van der Waals surface area (Å²) in [7, 11) is 1.65. The highest BCUT2D eigenvalue weighted by Crippen LogP contribution is 2.25. The van der Waals surface area contributed by atoms with Gasteiger partial charge in [0.1, 0.15) is 5.75 Å². The topological polar surface area (TPSA) is 58.0 Å². The second-order valence-electron chi connectivity index (χ2n) is 3.85. The summed E-state index contributed by atoms with van der Waals surface area (Å²) in [5, 5.41) is 5.92. The Hall–Kier alpha value is -2.19. The number of benzene rings is 2. The molecule has 4 nitrogen and oxygen atoms in total. The van der Waals surface area contributed by atoms with Crippen LogP contribution in [0.15, 0.2) is 41.5 Å². The van der Waals surface area contributed by atoms with E-state index < -0.39 is 0 Å². The molecule has 2 aromatic rings. The lowest BCUT2D eigenvalue weighted by atomic mass is 10.0. The monoisotopic (exact) mass is 227 g/mol. The number of fused-ring (bicyclic) bond motifs is 1. The lowest BCUT2D eigenvalue weighted by Gasteiger charge is -2.07. The van der Waals surface area contributed by atoms with Gasteiger partial charge in [-0.25, -0.2) is 0 Å². The molecule has 86 valence electrons. The minimum absolute atomic E-state index is 0.147. The largest absolute Gasteiger partial charge is 0.497 e. The van der Waals surface area contributed by atoms with Gasteiger partial charge in [0.25, 0.3) is 0 Å². The molecule has 0 fully saturated rings. The summed E-state index contributed by atoms with van der Waals surface area (Å²) in [4.78, 5) is 2.82. The molecule has 0 aliphatic rings. The molecular formula is C13H13N3O. The van der Waals surface area contributed by atoms with Gasteiger partial charge in [-0.05, 0) is 34.0 Å². The van der Waals surface area contributed by atoms with Crippen molar-refractivity contribution in [1.29, 1.82) is 0 Å². The van der Waals surface area contributed by atoms with Gasteiger partial charge in [0.15, 0.2) is 0 Å². The molecule has 2 rings (SSSR count). The van der Waals surface area contributed by atoms with E-state index in [1.807, 2.05) is 43.3 Å². The van der Waals surface area contributed by atoms with Crippen molar-refractivity contribution in [3.05, 3.63) is 52.4 Å². The van der Waals surface area contributed by atoms with Crippen LogP contribution in [0.3, 0.4) is 0 Å².